The number of amides is 1. The molecule has 4 nitrogen and oxygen atoms in total. The molecule has 0 bridgehead atoms. The van der Waals surface area contributed by atoms with Gasteiger partial charge in [0.25, 0.3) is 0 Å². The second kappa shape index (κ2) is 7.38. The van der Waals surface area contributed by atoms with Gasteiger partial charge in [-0.15, -0.1) is 6.58 Å². The summed E-state index contributed by atoms with van der Waals surface area (Å²) in [7, 11) is 0. The Morgan fingerprint density at radius 1 is 1.67 bits per heavy atom. The van der Waals surface area contributed by atoms with Crippen LogP contribution in [0.5, 0.6) is 0 Å². The Labute approximate surface area is 136 Å². The number of thiocarbonyl (C=S) groups is 1. The predicted octanol–water partition coefficient (Wildman–Crippen LogP) is 1.38. The van der Waals surface area contributed by atoms with Gasteiger partial charge >= 0.3 is 0 Å². The fourth-order valence-corrected chi connectivity index (χ4v) is 2.53. The number of rotatable bonds is 5. The number of nitrogens with zero attached hydrogens (tertiary/aromatic N) is 1. The van der Waals surface area contributed by atoms with Crippen molar-refractivity contribution >= 4 is 58.6 Å². The van der Waals surface area contributed by atoms with Crippen molar-refractivity contribution in [1.29, 1.82) is 0 Å². The van der Waals surface area contributed by atoms with Crippen molar-refractivity contribution in [2.75, 3.05) is 0 Å². The van der Waals surface area contributed by atoms with Crippen LogP contribution in [-0.4, -0.2) is 46.4 Å². The molecule has 2 unspecified atom stereocenters. The van der Waals surface area contributed by atoms with E-state index in [2.05, 4.69) is 23.8 Å². The van der Waals surface area contributed by atoms with Crippen molar-refractivity contribution in [2.45, 2.75) is 33.1 Å². The van der Waals surface area contributed by atoms with Gasteiger partial charge < -0.3 is 11.1 Å². The Hall–Kier alpha value is -0.230. The monoisotopic (exact) mass is 276 g/mol. The third kappa shape index (κ3) is 3.20. The van der Waals surface area contributed by atoms with Crippen LogP contribution in [0.25, 0.3) is 0 Å². The van der Waals surface area contributed by atoms with Crippen molar-refractivity contribution in [2.24, 2.45) is 22.1 Å². The van der Waals surface area contributed by atoms with Gasteiger partial charge in [0.2, 0.25) is 11.0 Å². The summed E-state index contributed by atoms with van der Waals surface area (Å²) < 4.78 is 0. The maximum Gasteiger partial charge on any atom is 0.240 e. The summed E-state index contributed by atoms with van der Waals surface area (Å²) >= 11 is 4.87. The van der Waals surface area contributed by atoms with E-state index < -0.39 is 5.41 Å². The van der Waals surface area contributed by atoms with Crippen LogP contribution in [0, 0.1) is 11.3 Å². The maximum absolute atomic E-state index is 12.2. The van der Waals surface area contributed by atoms with Crippen LogP contribution in [-0.2, 0) is 4.79 Å². The van der Waals surface area contributed by atoms with Gasteiger partial charge in [0.05, 0.1) is 0 Å². The first-order chi connectivity index (χ1) is 7.98. The third-order valence-electron chi connectivity index (χ3n) is 3.33. The molecule has 2 atom stereocenters. The maximum atomic E-state index is 12.2. The van der Waals surface area contributed by atoms with Crippen LogP contribution in [0.1, 0.15) is 33.1 Å². The van der Waals surface area contributed by atoms with Gasteiger partial charge in [-0.2, -0.15) is 0 Å². The number of carbonyl (C=O) groups is 1. The molecule has 0 saturated heterocycles. The van der Waals surface area contributed by atoms with Crippen LogP contribution < -0.4 is 11.1 Å². The molecular weight excluding hydrogens is 257 g/mol. The van der Waals surface area contributed by atoms with E-state index in [-0.39, 0.29) is 46.5 Å². The summed E-state index contributed by atoms with van der Waals surface area (Å²) in [5, 5.41) is 2.75. The van der Waals surface area contributed by atoms with Gasteiger partial charge in [-0.3, -0.25) is 4.79 Å². The number of hydrogen-bond acceptors (Lipinski definition) is 3. The van der Waals surface area contributed by atoms with E-state index >= 15 is 0 Å². The van der Waals surface area contributed by atoms with Crippen molar-refractivity contribution in [3.63, 3.8) is 0 Å². The summed E-state index contributed by atoms with van der Waals surface area (Å²) in [6.45, 7) is 7.80. The fourth-order valence-electron chi connectivity index (χ4n) is 2.34. The first-order valence-electron chi connectivity index (χ1n) is 5.80. The number of nitrogens with two attached hydrogens (primary N) is 1. The van der Waals surface area contributed by atoms with Crippen LogP contribution in [0.15, 0.2) is 17.6 Å². The van der Waals surface area contributed by atoms with E-state index in [1.165, 1.54) is 0 Å². The van der Waals surface area contributed by atoms with Crippen molar-refractivity contribution in [3.05, 3.63) is 12.7 Å². The van der Waals surface area contributed by atoms with Crippen LogP contribution in [0.2, 0.25) is 0 Å². The molecule has 6 heteroatoms. The molecule has 18 heavy (non-hydrogen) atoms. The van der Waals surface area contributed by atoms with Gasteiger partial charge in [-0.1, -0.05) is 26.3 Å². The minimum Gasteiger partial charge on any atom is -0.386 e. The largest absolute Gasteiger partial charge is 0.386 e. The zero-order valence-electron chi connectivity index (χ0n) is 11.3. The second-order valence-corrected chi connectivity index (χ2v) is 4.80. The molecule has 1 radical (unpaired) electrons. The van der Waals surface area contributed by atoms with Crippen molar-refractivity contribution < 1.29 is 4.79 Å². The SMILES string of the molecule is C=CCC1(C(C)CCC)C(=O)NC(=S)N=C1N.[Na]. The number of allylic oxidation sites excluding steroid dienone is 1. The van der Waals surface area contributed by atoms with Gasteiger partial charge in [-0.05, 0) is 31.0 Å². The summed E-state index contributed by atoms with van der Waals surface area (Å²) in [4.78, 5) is 16.3. The molecule has 95 valence electrons. The normalized spacial score (nSPS) is 24.7. The molecule has 1 amide bonds. The molecular formula is C12H19N3NaOS. The quantitative estimate of drug-likeness (QED) is 0.453. The minimum absolute atomic E-state index is 0. The average molecular weight is 276 g/mol. The van der Waals surface area contributed by atoms with Gasteiger partial charge in [0.15, 0.2) is 0 Å². The Morgan fingerprint density at radius 2 is 2.28 bits per heavy atom. The molecule has 0 fully saturated rings. The zero-order chi connectivity index (χ0) is 13.1. The van der Waals surface area contributed by atoms with E-state index in [0.29, 0.717) is 12.3 Å². The molecule has 0 spiro atoms. The predicted molar refractivity (Wildman–Crippen MR) is 79.4 cm³/mol. The topological polar surface area (TPSA) is 67.5 Å². The number of nitrogens with one attached hydrogen (secondary N) is 1. The smallest absolute Gasteiger partial charge is 0.240 e. The van der Waals surface area contributed by atoms with Gasteiger partial charge in [-0.25, -0.2) is 4.99 Å². The summed E-state index contributed by atoms with van der Waals surface area (Å²) in [5.41, 5.74) is 5.17. The van der Waals surface area contributed by atoms with E-state index in [9.17, 15) is 4.79 Å². The van der Waals surface area contributed by atoms with Crippen molar-refractivity contribution in [1.82, 2.24) is 5.32 Å². The van der Waals surface area contributed by atoms with Crippen LogP contribution >= 0.6 is 12.2 Å². The average Bonchev–Trinajstić information content (AvgIpc) is 2.23. The molecule has 1 rings (SSSR count). The first kappa shape index (κ1) is 17.8. The molecule has 0 aromatic heterocycles. The Balaban J connectivity index is 0.00000289. The first-order valence-corrected chi connectivity index (χ1v) is 6.20. The second-order valence-electron chi connectivity index (χ2n) is 4.41. The molecule has 1 aliphatic rings. The number of aliphatic imine (C=N–C) groups is 1. The van der Waals surface area contributed by atoms with E-state index in [0.717, 1.165) is 12.8 Å². The minimum atomic E-state index is -0.792. The van der Waals surface area contributed by atoms with E-state index in [4.69, 9.17) is 18.0 Å². The third-order valence-corrected chi connectivity index (χ3v) is 3.53. The summed E-state index contributed by atoms with van der Waals surface area (Å²) in [6.07, 6.45) is 4.09. The molecule has 0 aromatic rings. The Bertz CT molecular complexity index is 384. The summed E-state index contributed by atoms with van der Waals surface area (Å²) in [6, 6.07) is 0. The van der Waals surface area contributed by atoms with E-state index in [1.807, 2.05) is 6.92 Å². The molecule has 1 aliphatic heterocycles. The Morgan fingerprint density at radius 3 is 2.72 bits per heavy atom. The van der Waals surface area contributed by atoms with E-state index in [1.54, 1.807) is 6.08 Å². The molecule has 0 aliphatic carbocycles. The van der Waals surface area contributed by atoms with Crippen molar-refractivity contribution in [3.8, 4) is 0 Å². The number of carbonyl (C=O) groups excluding carboxylic acids is 1. The standard InChI is InChI=1S/C12H19N3OS.Na/c1-4-6-8(3)12(7-5-2)9(13)14-11(17)15-10(12)16;/h5,8H,2,4,6-7H2,1,3H3,(H3,13,14,15,16,17);. The molecule has 3 N–H and O–H groups in total. The van der Waals surface area contributed by atoms with Gasteiger partial charge in [0, 0.05) is 29.6 Å². The molecule has 0 saturated carbocycles. The van der Waals surface area contributed by atoms with Crippen LogP contribution in [0.3, 0.4) is 0 Å². The van der Waals surface area contributed by atoms with Gasteiger partial charge in [0.1, 0.15) is 11.3 Å². The van der Waals surface area contributed by atoms with Crippen LogP contribution in [0.4, 0.5) is 0 Å². The number of hydrogen-bond donors (Lipinski definition) is 2. The molecule has 1 heterocycles. The fraction of sp³-hybridized carbons (Fsp3) is 0.583. The Kier molecular flexibility index (Phi) is 7.29. The number of amidine groups is 1. The molecule has 0 aromatic carbocycles. The summed E-state index contributed by atoms with van der Waals surface area (Å²) in [5.74, 6) is 0.264. The zero-order valence-corrected chi connectivity index (χ0v) is 14.1.